The second-order valence-corrected chi connectivity index (χ2v) is 6.76. The molecular weight excluding hydrogens is 366 g/mol. The number of urea groups is 1. The third-order valence-corrected chi connectivity index (χ3v) is 4.63. The van der Waals surface area contributed by atoms with Gasteiger partial charge >= 0.3 is 6.03 Å². The van der Waals surface area contributed by atoms with Gasteiger partial charge in [0.1, 0.15) is 5.75 Å². The van der Waals surface area contributed by atoms with Gasteiger partial charge in [-0.3, -0.25) is 4.79 Å². The molecule has 0 unspecified atom stereocenters. The lowest BCUT2D eigenvalue weighted by Crippen LogP contribution is -2.54. The van der Waals surface area contributed by atoms with Gasteiger partial charge in [0, 0.05) is 36.9 Å². The molecule has 0 radical (unpaired) electrons. The summed E-state index contributed by atoms with van der Waals surface area (Å²) in [5.74, 6) is 0.509. The molecule has 0 bridgehead atoms. The third-order valence-electron chi connectivity index (χ3n) is 4.38. The van der Waals surface area contributed by atoms with Crippen molar-refractivity contribution in [1.29, 1.82) is 0 Å². The number of piperazine rings is 1. The number of hydrogen-bond acceptors (Lipinski definition) is 3. The summed E-state index contributed by atoms with van der Waals surface area (Å²) in [4.78, 5) is 28.4. The summed E-state index contributed by atoms with van der Waals surface area (Å²) in [5, 5.41) is 3.48. The number of anilines is 1. The first-order valence-electron chi connectivity index (χ1n) is 8.85. The molecule has 1 aliphatic heterocycles. The van der Waals surface area contributed by atoms with E-state index in [2.05, 4.69) is 5.32 Å². The van der Waals surface area contributed by atoms with Crippen LogP contribution in [0.1, 0.15) is 6.92 Å². The number of nitrogens with zero attached hydrogens (tertiary/aromatic N) is 2. The number of para-hydroxylation sites is 1. The van der Waals surface area contributed by atoms with Gasteiger partial charge in [0.15, 0.2) is 6.10 Å². The van der Waals surface area contributed by atoms with Crippen molar-refractivity contribution in [3.05, 3.63) is 59.6 Å². The molecule has 1 saturated heterocycles. The predicted octanol–water partition coefficient (Wildman–Crippen LogP) is 3.48. The smallest absolute Gasteiger partial charge is 0.321 e. The average molecular weight is 388 g/mol. The molecule has 3 rings (SSSR count). The van der Waals surface area contributed by atoms with Crippen molar-refractivity contribution >= 4 is 29.2 Å². The van der Waals surface area contributed by atoms with Gasteiger partial charge in [0.25, 0.3) is 5.91 Å². The van der Waals surface area contributed by atoms with Crippen LogP contribution < -0.4 is 10.1 Å². The number of amides is 3. The van der Waals surface area contributed by atoms with Crippen molar-refractivity contribution in [3.8, 4) is 5.75 Å². The van der Waals surface area contributed by atoms with Crippen LogP contribution in [-0.4, -0.2) is 54.0 Å². The molecule has 0 saturated carbocycles. The lowest BCUT2D eigenvalue weighted by Gasteiger charge is -2.35. The molecule has 1 aliphatic rings. The van der Waals surface area contributed by atoms with Crippen molar-refractivity contribution < 1.29 is 14.3 Å². The van der Waals surface area contributed by atoms with Crippen molar-refractivity contribution in [2.75, 3.05) is 31.5 Å². The van der Waals surface area contributed by atoms with Gasteiger partial charge in [-0.25, -0.2) is 4.79 Å². The largest absolute Gasteiger partial charge is 0.481 e. The normalized spacial score (nSPS) is 15.2. The van der Waals surface area contributed by atoms with Gasteiger partial charge in [-0.15, -0.1) is 0 Å². The van der Waals surface area contributed by atoms with Gasteiger partial charge in [0.2, 0.25) is 0 Å². The van der Waals surface area contributed by atoms with Crippen LogP contribution in [0.2, 0.25) is 5.02 Å². The first-order valence-corrected chi connectivity index (χ1v) is 9.23. The van der Waals surface area contributed by atoms with E-state index in [1.54, 1.807) is 41.0 Å². The van der Waals surface area contributed by atoms with Crippen LogP contribution in [0.5, 0.6) is 5.75 Å². The fourth-order valence-electron chi connectivity index (χ4n) is 2.88. The summed E-state index contributed by atoms with van der Waals surface area (Å²) in [6.45, 7) is 3.66. The minimum absolute atomic E-state index is 0.0898. The van der Waals surface area contributed by atoms with E-state index >= 15 is 0 Å². The summed E-state index contributed by atoms with van der Waals surface area (Å²) in [5.41, 5.74) is 0.756. The molecule has 0 aliphatic carbocycles. The van der Waals surface area contributed by atoms with E-state index in [0.29, 0.717) is 37.0 Å². The minimum Gasteiger partial charge on any atom is -0.481 e. The number of benzene rings is 2. The second kappa shape index (κ2) is 8.77. The highest BCUT2D eigenvalue weighted by atomic mass is 35.5. The zero-order valence-corrected chi connectivity index (χ0v) is 15.9. The predicted molar refractivity (Wildman–Crippen MR) is 105 cm³/mol. The number of halogens is 1. The van der Waals surface area contributed by atoms with E-state index in [1.165, 1.54) is 0 Å². The molecule has 6 nitrogen and oxygen atoms in total. The van der Waals surface area contributed by atoms with Crippen molar-refractivity contribution in [2.45, 2.75) is 13.0 Å². The van der Waals surface area contributed by atoms with Gasteiger partial charge in [-0.05, 0) is 43.3 Å². The summed E-state index contributed by atoms with van der Waals surface area (Å²) in [6, 6.07) is 16.1. The number of carbonyl (C=O) groups excluding carboxylic acids is 2. The fourth-order valence-corrected chi connectivity index (χ4v) is 3.00. The maximum atomic E-state index is 12.6. The Bertz CT molecular complexity index is 775. The van der Waals surface area contributed by atoms with Crippen LogP contribution in [-0.2, 0) is 4.79 Å². The van der Waals surface area contributed by atoms with E-state index in [4.69, 9.17) is 16.3 Å². The topological polar surface area (TPSA) is 61.9 Å². The standard InChI is InChI=1S/C20H22ClN3O3/c1-15(27-18-9-7-16(21)8-10-18)19(25)23-11-13-24(14-12-23)20(26)22-17-5-3-2-4-6-17/h2-10,15H,11-14H2,1H3,(H,22,26)/t15-/m1/s1. The Morgan fingerprint density at radius 1 is 0.963 bits per heavy atom. The first-order chi connectivity index (χ1) is 13.0. The van der Waals surface area contributed by atoms with Crippen LogP contribution in [0.3, 0.4) is 0 Å². The molecule has 1 heterocycles. The maximum absolute atomic E-state index is 12.6. The molecule has 7 heteroatoms. The molecule has 0 spiro atoms. The summed E-state index contributed by atoms with van der Waals surface area (Å²) in [7, 11) is 0. The van der Waals surface area contributed by atoms with E-state index in [9.17, 15) is 9.59 Å². The van der Waals surface area contributed by atoms with Crippen molar-refractivity contribution in [1.82, 2.24) is 9.80 Å². The molecule has 0 aromatic heterocycles. The van der Waals surface area contributed by atoms with E-state index < -0.39 is 6.10 Å². The van der Waals surface area contributed by atoms with E-state index in [-0.39, 0.29) is 11.9 Å². The zero-order chi connectivity index (χ0) is 19.2. The summed E-state index contributed by atoms with van der Waals surface area (Å²) >= 11 is 5.85. The van der Waals surface area contributed by atoms with Crippen molar-refractivity contribution in [3.63, 3.8) is 0 Å². The lowest BCUT2D eigenvalue weighted by molar-refractivity contribution is -0.139. The third kappa shape index (κ3) is 5.14. The monoisotopic (exact) mass is 387 g/mol. The van der Waals surface area contributed by atoms with Gasteiger partial charge in [-0.2, -0.15) is 0 Å². The summed E-state index contributed by atoms with van der Waals surface area (Å²) in [6.07, 6.45) is -0.601. The highest BCUT2D eigenvalue weighted by molar-refractivity contribution is 6.30. The van der Waals surface area contributed by atoms with Gasteiger partial charge in [0.05, 0.1) is 0 Å². The molecule has 2 aromatic carbocycles. The molecule has 3 amide bonds. The van der Waals surface area contributed by atoms with Crippen LogP contribution >= 0.6 is 11.6 Å². The van der Waals surface area contributed by atoms with Crippen molar-refractivity contribution in [2.24, 2.45) is 0 Å². The Kier molecular flexibility index (Phi) is 6.19. The highest BCUT2D eigenvalue weighted by Gasteiger charge is 2.27. The maximum Gasteiger partial charge on any atom is 0.321 e. The number of nitrogens with one attached hydrogen (secondary N) is 1. The number of carbonyl (C=O) groups is 2. The highest BCUT2D eigenvalue weighted by Crippen LogP contribution is 2.18. The first kappa shape index (κ1) is 19.0. The molecule has 1 N–H and O–H groups in total. The average Bonchev–Trinajstić information content (AvgIpc) is 2.70. The summed E-state index contributed by atoms with van der Waals surface area (Å²) < 4.78 is 5.69. The molecule has 2 aromatic rings. The Hall–Kier alpha value is -2.73. The quantitative estimate of drug-likeness (QED) is 0.873. The fraction of sp³-hybridized carbons (Fsp3) is 0.300. The van der Waals surface area contributed by atoms with E-state index in [0.717, 1.165) is 5.69 Å². The minimum atomic E-state index is -0.601. The molecule has 27 heavy (non-hydrogen) atoms. The zero-order valence-electron chi connectivity index (χ0n) is 15.1. The molecular formula is C20H22ClN3O3. The van der Waals surface area contributed by atoms with Crippen LogP contribution in [0.25, 0.3) is 0 Å². The molecule has 142 valence electrons. The SMILES string of the molecule is C[C@@H](Oc1ccc(Cl)cc1)C(=O)N1CCN(C(=O)Nc2ccccc2)CC1. The Morgan fingerprint density at radius 2 is 1.56 bits per heavy atom. The lowest BCUT2D eigenvalue weighted by atomic mass is 10.2. The Balaban J connectivity index is 1.48. The van der Waals surface area contributed by atoms with Gasteiger partial charge in [-0.1, -0.05) is 29.8 Å². The number of hydrogen-bond donors (Lipinski definition) is 1. The number of ether oxygens (including phenoxy) is 1. The second-order valence-electron chi connectivity index (χ2n) is 6.32. The van der Waals surface area contributed by atoms with Crippen LogP contribution in [0, 0.1) is 0 Å². The van der Waals surface area contributed by atoms with Crippen LogP contribution in [0.15, 0.2) is 54.6 Å². The number of rotatable bonds is 4. The Morgan fingerprint density at radius 3 is 2.19 bits per heavy atom. The van der Waals surface area contributed by atoms with Gasteiger partial charge < -0.3 is 19.9 Å². The van der Waals surface area contributed by atoms with Crippen LogP contribution in [0.4, 0.5) is 10.5 Å². The Labute approximate surface area is 163 Å². The molecule has 1 atom stereocenters. The van der Waals surface area contributed by atoms with E-state index in [1.807, 2.05) is 30.3 Å². The molecule has 1 fully saturated rings.